The summed E-state index contributed by atoms with van der Waals surface area (Å²) in [7, 11) is 1.33. The summed E-state index contributed by atoms with van der Waals surface area (Å²) in [6.07, 6.45) is 4.78. The summed E-state index contributed by atoms with van der Waals surface area (Å²) in [6.45, 7) is 0.236. The Bertz CT molecular complexity index is 2040. The average molecular weight is 723 g/mol. The number of nitrogens with zero attached hydrogens (tertiary/aromatic N) is 3. The van der Waals surface area contributed by atoms with Crippen molar-refractivity contribution in [2.24, 2.45) is 0 Å². The average Bonchev–Trinajstić information content (AvgIpc) is 3.89. The maximum absolute atomic E-state index is 13.7. The van der Waals surface area contributed by atoms with E-state index in [9.17, 15) is 18.4 Å². The standard InChI is InChI=1S/C36H34ClF2N7O3.ClH/c1-49-35(48)43-25-11-10-23-12-13-46-17-24(14-28(47)29(25)31(23)46)33-40-16-27(42-33)21-6-2-19(3-7-21)20-4-8-22(9-5-20)30-32(37)45-34(44-30)26-15-36(38,39)18-41-26;/h2-9,12-13,16,24-26,29,41H,10-11,14-15,17-18H2,1H3,(H,40,42)(H,43,48)(H,44,45);1H/t24-,25-,26-,29?;/m0./s1. The number of imidazole rings is 2. The number of halogens is 4. The van der Waals surface area contributed by atoms with Crippen LogP contribution in [-0.2, 0) is 22.5 Å². The van der Waals surface area contributed by atoms with E-state index >= 15 is 0 Å². The molecule has 5 aromatic rings. The van der Waals surface area contributed by atoms with Gasteiger partial charge in [0.05, 0.1) is 37.5 Å². The van der Waals surface area contributed by atoms with Crippen molar-refractivity contribution in [3.63, 3.8) is 0 Å². The summed E-state index contributed by atoms with van der Waals surface area (Å²) in [6, 6.07) is 17.1. The molecule has 5 heterocycles. The highest BCUT2D eigenvalue weighted by atomic mass is 35.5. The fourth-order valence-corrected chi connectivity index (χ4v) is 7.78. The lowest BCUT2D eigenvalue weighted by Gasteiger charge is -2.31. The van der Waals surface area contributed by atoms with Crippen LogP contribution in [0.4, 0.5) is 13.6 Å². The predicted octanol–water partition coefficient (Wildman–Crippen LogP) is 7.19. The predicted molar refractivity (Wildman–Crippen MR) is 187 cm³/mol. The minimum absolute atomic E-state index is 0. The van der Waals surface area contributed by atoms with Crippen LogP contribution in [-0.4, -0.2) is 62.0 Å². The van der Waals surface area contributed by atoms with Gasteiger partial charge in [-0.15, -0.1) is 12.4 Å². The minimum Gasteiger partial charge on any atom is -0.453 e. The Balaban J connectivity index is 0.00000392. The zero-order chi connectivity index (χ0) is 33.9. The number of aromatic amines is 2. The number of rotatable bonds is 6. The topological polar surface area (TPSA) is 130 Å². The smallest absolute Gasteiger partial charge is 0.407 e. The van der Waals surface area contributed by atoms with E-state index in [1.54, 1.807) is 6.20 Å². The first-order valence-electron chi connectivity index (χ1n) is 16.3. The van der Waals surface area contributed by atoms with E-state index in [4.69, 9.17) is 21.3 Å². The fraction of sp³-hybridized carbons (Fsp3) is 0.333. The number of alkyl carbamates (subject to hydrolysis) is 1. The molecule has 1 saturated heterocycles. The molecule has 50 heavy (non-hydrogen) atoms. The highest BCUT2D eigenvalue weighted by Gasteiger charge is 2.42. The molecule has 1 fully saturated rings. The van der Waals surface area contributed by atoms with Gasteiger partial charge in [0.1, 0.15) is 28.3 Å². The lowest BCUT2D eigenvalue weighted by atomic mass is 9.79. The normalized spacial score (nSPS) is 22.4. The molecule has 0 bridgehead atoms. The second kappa shape index (κ2) is 13.3. The van der Waals surface area contributed by atoms with E-state index in [-0.39, 0.29) is 43.1 Å². The highest BCUT2D eigenvalue weighted by Crippen LogP contribution is 2.40. The number of hydrogen-bond donors (Lipinski definition) is 4. The van der Waals surface area contributed by atoms with Crippen molar-refractivity contribution in [1.29, 1.82) is 0 Å². The third kappa shape index (κ3) is 6.31. The minimum atomic E-state index is -2.76. The number of ether oxygens (including phenoxy) is 1. The molecule has 1 aliphatic carbocycles. The first-order valence-corrected chi connectivity index (χ1v) is 16.7. The molecule has 1 amide bonds. The van der Waals surface area contributed by atoms with Crippen LogP contribution >= 0.6 is 24.0 Å². The summed E-state index contributed by atoms with van der Waals surface area (Å²) in [5, 5.41) is 6.01. The quantitative estimate of drug-likeness (QED) is 0.147. The van der Waals surface area contributed by atoms with Gasteiger partial charge in [-0.3, -0.25) is 4.79 Å². The number of H-pyrrole nitrogens is 2. The van der Waals surface area contributed by atoms with Gasteiger partial charge in [0.2, 0.25) is 0 Å². The Kier molecular flexibility index (Phi) is 9.04. The largest absolute Gasteiger partial charge is 0.453 e. The number of Topliss-reactive ketones (excluding diaryl/α,β-unsaturated/α-hetero) is 1. The maximum atomic E-state index is 13.7. The number of hydrogen-bond acceptors (Lipinski definition) is 6. The zero-order valence-electron chi connectivity index (χ0n) is 27.0. The number of nitrogens with one attached hydrogen (secondary N) is 4. The lowest BCUT2D eigenvalue weighted by Crippen LogP contribution is -2.44. The van der Waals surface area contributed by atoms with Crippen LogP contribution in [0.3, 0.4) is 0 Å². The number of alkyl halides is 2. The van der Waals surface area contributed by atoms with E-state index in [1.165, 1.54) is 7.11 Å². The van der Waals surface area contributed by atoms with Crippen LogP contribution in [0.25, 0.3) is 33.6 Å². The Labute approximate surface area is 297 Å². The number of methoxy groups -OCH3 is 1. The Morgan fingerprint density at radius 2 is 1.72 bits per heavy atom. The summed E-state index contributed by atoms with van der Waals surface area (Å²) < 4.78 is 34.4. The Morgan fingerprint density at radius 1 is 1.02 bits per heavy atom. The highest BCUT2D eigenvalue weighted by molar-refractivity contribution is 6.31. The molecule has 4 N–H and O–H groups in total. The Morgan fingerprint density at radius 3 is 2.40 bits per heavy atom. The number of benzene rings is 2. The molecule has 2 aliphatic heterocycles. The molecule has 0 spiro atoms. The number of carbonyl (C=O) groups excluding carboxylic acids is 2. The molecule has 0 saturated carbocycles. The Hall–Kier alpha value is -4.52. The van der Waals surface area contributed by atoms with Gasteiger partial charge in [-0.25, -0.2) is 23.5 Å². The van der Waals surface area contributed by atoms with Gasteiger partial charge in [-0.1, -0.05) is 60.1 Å². The number of aromatic nitrogens is 5. The van der Waals surface area contributed by atoms with Crippen LogP contribution in [0.5, 0.6) is 0 Å². The van der Waals surface area contributed by atoms with Crippen LogP contribution in [0, 0.1) is 0 Å². The molecular weight excluding hydrogens is 687 g/mol. The number of ketones is 1. The lowest BCUT2D eigenvalue weighted by molar-refractivity contribution is -0.121. The number of aryl methyl sites for hydroxylation is 1. The molecule has 8 rings (SSSR count). The van der Waals surface area contributed by atoms with E-state index in [0.29, 0.717) is 36.1 Å². The monoisotopic (exact) mass is 721 g/mol. The van der Waals surface area contributed by atoms with Crippen molar-refractivity contribution in [3.8, 4) is 33.6 Å². The van der Waals surface area contributed by atoms with E-state index in [0.717, 1.165) is 51.5 Å². The van der Waals surface area contributed by atoms with Crippen LogP contribution < -0.4 is 10.6 Å². The van der Waals surface area contributed by atoms with E-state index < -0.39 is 24.0 Å². The van der Waals surface area contributed by atoms with Crippen LogP contribution in [0.15, 0.2) is 67.0 Å². The van der Waals surface area contributed by atoms with Gasteiger partial charge in [0.15, 0.2) is 0 Å². The summed E-state index contributed by atoms with van der Waals surface area (Å²) in [5.74, 6) is -2.08. The second-order valence-electron chi connectivity index (χ2n) is 13.1. The molecule has 3 aromatic heterocycles. The van der Waals surface area contributed by atoms with Crippen LogP contribution in [0.1, 0.15) is 60.0 Å². The first-order chi connectivity index (χ1) is 23.7. The van der Waals surface area contributed by atoms with Gasteiger partial charge < -0.3 is 29.9 Å². The molecule has 3 aliphatic rings. The summed E-state index contributed by atoms with van der Waals surface area (Å²) in [4.78, 5) is 41.4. The van der Waals surface area contributed by atoms with Crippen molar-refractivity contribution in [1.82, 2.24) is 35.1 Å². The number of carbonyl (C=O) groups is 2. The SMILES string of the molecule is COC(=O)N[C@H]1CCc2ccn3c2C1C(=O)C[C@H](c1ncc(-c2ccc(-c4ccc(-c5nc([C@@H]6CC(F)(F)CN6)[nH]c5Cl)cc4)cc2)[nH]1)C3.Cl. The molecule has 1 unspecified atom stereocenters. The second-order valence-corrected chi connectivity index (χ2v) is 13.5. The summed E-state index contributed by atoms with van der Waals surface area (Å²) >= 11 is 6.42. The van der Waals surface area contributed by atoms with Crippen molar-refractivity contribution in [3.05, 3.63) is 95.1 Å². The molecule has 0 radical (unpaired) electrons. The third-order valence-electron chi connectivity index (χ3n) is 10.0. The van der Waals surface area contributed by atoms with Gasteiger partial charge >= 0.3 is 6.09 Å². The first kappa shape index (κ1) is 34.0. The van der Waals surface area contributed by atoms with E-state index in [1.807, 2.05) is 54.7 Å². The molecule has 2 aromatic carbocycles. The molecule has 10 nitrogen and oxygen atoms in total. The van der Waals surface area contributed by atoms with Gasteiger partial charge in [0.25, 0.3) is 5.92 Å². The van der Waals surface area contributed by atoms with Gasteiger partial charge in [0, 0.05) is 48.8 Å². The molecular formula is C36H35Cl2F2N7O3. The fourth-order valence-electron chi connectivity index (χ4n) is 7.53. The zero-order valence-corrected chi connectivity index (χ0v) is 28.6. The summed E-state index contributed by atoms with van der Waals surface area (Å²) in [5.41, 5.74) is 7.27. The molecule has 260 valence electrons. The van der Waals surface area contributed by atoms with Crippen molar-refractivity contribution < 1.29 is 23.1 Å². The third-order valence-corrected chi connectivity index (χ3v) is 10.3. The molecule has 4 atom stereocenters. The van der Waals surface area contributed by atoms with E-state index in [2.05, 4.69) is 36.2 Å². The van der Waals surface area contributed by atoms with Crippen LogP contribution in [0.2, 0.25) is 5.15 Å². The van der Waals surface area contributed by atoms with Crippen molar-refractivity contribution in [2.45, 2.75) is 62.1 Å². The number of amides is 1. The molecule has 14 heteroatoms. The van der Waals surface area contributed by atoms with Crippen molar-refractivity contribution >= 4 is 35.9 Å². The maximum Gasteiger partial charge on any atom is 0.407 e. The van der Waals surface area contributed by atoms with Gasteiger partial charge in [-0.2, -0.15) is 0 Å². The van der Waals surface area contributed by atoms with Gasteiger partial charge in [-0.05, 0) is 41.2 Å². The van der Waals surface area contributed by atoms with Crippen molar-refractivity contribution in [2.75, 3.05) is 13.7 Å².